The molecule has 24 heavy (non-hydrogen) atoms. The van der Waals surface area contributed by atoms with Gasteiger partial charge in [0.25, 0.3) is 0 Å². The number of carboxylic acid groups (broad SMARTS) is 1. The zero-order chi connectivity index (χ0) is 17.3. The SMILES string of the molecule is CC(C)(Oc1ccc2c(-c3ccccc3)cc(=O)oc2c1)C(=O)O. The van der Waals surface area contributed by atoms with E-state index in [-0.39, 0.29) is 0 Å². The minimum atomic E-state index is -1.38. The van der Waals surface area contributed by atoms with Gasteiger partial charge in [-0.2, -0.15) is 0 Å². The summed E-state index contributed by atoms with van der Waals surface area (Å²) in [7, 11) is 0. The summed E-state index contributed by atoms with van der Waals surface area (Å²) in [5.74, 6) is -0.759. The maximum Gasteiger partial charge on any atom is 0.347 e. The number of rotatable bonds is 4. The second-order valence-electron chi connectivity index (χ2n) is 5.92. The van der Waals surface area contributed by atoms with Crippen molar-refractivity contribution in [2.75, 3.05) is 0 Å². The first-order valence-electron chi connectivity index (χ1n) is 7.42. The van der Waals surface area contributed by atoms with Gasteiger partial charge >= 0.3 is 11.6 Å². The van der Waals surface area contributed by atoms with Crippen molar-refractivity contribution in [1.29, 1.82) is 0 Å². The van der Waals surface area contributed by atoms with E-state index >= 15 is 0 Å². The Labute approximate surface area is 138 Å². The summed E-state index contributed by atoms with van der Waals surface area (Å²) in [6.45, 7) is 2.91. The summed E-state index contributed by atoms with van der Waals surface area (Å²) in [5.41, 5.74) is 0.141. The average Bonchev–Trinajstić information content (AvgIpc) is 2.54. The second-order valence-corrected chi connectivity index (χ2v) is 5.92. The summed E-state index contributed by atoms with van der Waals surface area (Å²) >= 11 is 0. The maximum absolute atomic E-state index is 11.9. The predicted molar refractivity (Wildman–Crippen MR) is 90.3 cm³/mol. The molecule has 3 aromatic rings. The lowest BCUT2D eigenvalue weighted by atomic mass is 10.0. The van der Waals surface area contributed by atoms with Gasteiger partial charge in [0.05, 0.1) is 0 Å². The molecule has 122 valence electrons. The first kappa shape index (κ1) is 15.8. The van der Waals surface area contributed by atoms with Crippen LogP contribution < -0.4 is 10.4 Å². The molecule has 0 saturated heterocycles. The van der Waals surface area contributed by atoms with Gasteiger partial charge < -0.3 is 14.3 Å². The summed E-state index contributed by atoms with van der Waals surface area (Å²) in [5, 5.41) is 9.91. The van der Waals surface area contributed by atoms with Crippen LogP contribution in [0.25, 0.3) is 22.1 Å². The molecule has 5 heteroatoms. The highest BCUT2D eigenvalue weighted by molar-refractivity contribution is 5.93. The topological polar surface area (TPSA) is 76.7 Å². The smallest absolute Gasteiger partial charge is 0.347 e. The number of hydrogen-bond donors (Lipinski definition) is 1. The van der Waals surface area contributed by atoms with E-state index in [0.717, 1.165) is 16.5 Å². The van der Waals surface area contributed by atoms with E-state index in [9.17, 15) is 9.59 Å². The van der Waals surface area contributed by atoms with Crippen LogP contribution in [0.3, 0.4) is 0 Å². The Morgan fingerprint density at radius 2 is 1.79 bits per heavy atom. The van der Waals surface area contributed by atoms with Crippen LogP contribution in [-0.2, 0) is 4.79 Å². The normalized spacial score (nSPS) is 11.4. The summed E-state index contributed by atoms with van der Waals surface area (Å²) < 4.78 is 10.8. The van der Waals surface area contributed by atoms with Gasteiger partial charge in [0.2, 0.25) is 0 Å². The Balaban J connectivity index is 2.12. The van der Waals surface area contributed by atoms with Crippen molar-refractivity contribution in [1.82, 2.24) is 0 Å². The molecular formula is C19H16O5. The van der Waals surface area contributed by atoms with Crippen LogP contribution in [0.2, 0.25) is 0 Å². The molecule has 1 aromatic heterocycles. The minimum absolute atomic E-state index is 0.322. The van der Waals surface area contributed by atoms with E-state index in [4.69, 9.17) is 14.3 Å². The van der Waals surface area contributed by atoms with Crippen LogP contribution in [-0.4, -0.2) is 16.7 Å². The predicted octanol–water partition coefficient (Wildman–Crippen LogP) is 3.70. The summed E-state index contributed by atoms with van der Waals surface area (Å²) in [4.78, 5) is 23.1. The van der Waals surface area contributed by atoms with Crippen molar-refractivity contribution < 1.29 is 19.1 Å². The lowest BCUT2D eigenvalue weighted by Gasteiger charge is -2.21. The highest BCUT2D eigenvalue weighted by Crippen LogP contribution is 2.30. The number of ether oxygens (including phenoxy) is 1. The average molecular weight is 324 g/mol. The quantitative estimate of drug-likeness (QED) is 0.740. The fraction of sp³-hybridized carbons (Fsp3) is 0.158. The Kier molecular flexibility index (Phi) is 3.85. The molecule has 0 aliphatic heterocycles. The Bertz CT molecular complexity index is 954. The highest BCUT2D eigenvalue weighted by atomic mass is 16.5. The third-order valence-electron chi connectivity index (χ3n) is 3.69. The van der Waals surface area contributed by atoms with Gasteiger partial charge in [-0.15, -0.1) is 0 Å². The zero-order valence-corrected chi connectivity index (χ0v) is 13.3. The largest absolute Gasteiger partial charge is 0.478 e. The van der Waals surface area contributed by atoms with Crippen molar-refractivity contribution in [3.63, 3.8) is 0 Å². The van der Waals surface area contributed by atoms with E-state index < -0.39 is 17.2 Å². The molecule has 0 atom stereocenters. The first-order valence-corrected chi connectivity index (χ1v) is 7.42. The third kappa shape index (κ3) is 3.01. The number of carbonyl (C=O) groups is 1. The third-order valence-corrected chi connectivity index (χ3v) is 3.69. The van der Waals surface area contributed by atoms with Crippen LogP contribution in [0.5, 0.6) is 5.75 Å². The van der Waals surface area contributed by atoms with Crippen molar-refractivity contribution in [3.8, 4) is 16.9 Å². The zero-order valence-electron chi connectivity index (χ0n) is 13.3. The maximum atomic E-state index is 11.9. The molecule has 0 saturated carbocycles. The Morgan fingerprint density at radius 1 is 1.08 bits per heavy atom. The Morgan fingerprint density at radius 3 is 2.46 bits per heavy atom. The van der Waals surface area contributed by atoms with Crippen LogP contribution in [0.4, 0.5) is 0 Å². The van der Waals surface area contributed by atoms with Gasteiger partial charge in [-0.05, 0) is 37.1 Å². The lowest BCUT2D eigenvalue weighted by Crippen LogP contribution is -2.37. The van der Waals surface area contributed by atoms with Gasteiger partial charge in [-0.3, -0.25) is 0 Å². The number of hydrogen-bond acceptors (Lipinski definition) is 4. The molecular weight excluding hydrogens is 308 g/mol. The summed E-state index contributed by atoms with van der Waals surface area (Å²) in [6, 6.07) is 15.9. The molecule has 0 aliphatic carbocycles. The van der Waals surface area contributed by atoms with E-state index in [2.05, 4.69) is 0 Å². The van der Waals surface area contributed by atoms with Gasteiger partial charge in [-0.25, -0.2) is 9.59 Å². The molecule has 0 aliphatic rings. The number of fused-ring (bicyclic) bond motifs is 1. The van der Waals surface area contributed by atoms with Crippen molar-refractivity contribution >= 4 is 16.9 Å². The van der Waals surface area contributed by atoms with E-state index in [1.54, 1.807) is 12.1 Å². The summed E-state index contributed by atoms with van der Waals surface area (Å²) in [6.07, 6.45) is 0. The Hall–Kier alpha value is -3.08. The van der Waals surface area contributed by atoms with Crippen LogP contribution in [0, 0.1) is 0 Å². The number of carboxylic acids is 1. The molecule has 1 N–H and O–H groups in total. The van der Waals surface area contributed by atoms with E-state index in [1.165, 1.54) is 26.0 Å². The molecule has 3 rings (SSSR count). The van der Waals surface area contributed by atoms with Gasteiger partial charge in [-0.1, -0.05) is 30.3 Å². The van der Waals surface area contributed by atoms with Gasteiger partial charge in [0.15, 0.2) is 5.60 Å². The molecule has 2 aromatic carbocycles. The molecule has 0 fully saturated rings. The van der Waals surface area contributed by atoms with Crippen LogP contribution in [0.1, 0.15) is 13.8 Å². The monoisotopic (exact) mass is 324 g/mol. The van der Waals surface area contributed by atoms with Crippen molar-refractivity contribution in [2.24, 2.45) is 0 Å². The lowest BCUT2D eigenvalue weighted by molar-refractivity contribution is -0.152. The number of aliphatic carboxylic acids is 1. The molecule has 1 heterocycles. The second kappa shape index (κ2) is 5.85. The van der Waals surface area contributed by atoms with Crippen LogP contribution in [0.15, 0.2) is 63.8 Å². The van der Waals surface area contributed by atoms with Gasteiger partial charge in [0.1, 0.15) is 11.3 Å². The molecule has 0 bridgehead atoms. The van der Waals surface area contributed by atoms with Gasteiger partial charge in [0, 0.05) is 17.5 Å². The fourth-order valence-electron chi connectivity index (χ4n) is 2.40. The van der Waals surface area contributed by atoms with E-state index in [0.29, 0.717) is 11.3 Å². The fourth-order valence-corrected chi connectivity index (χ4v) is 2.40. The molecule has 0 spiro atoms. The van der Waals surface area contributed by atoms with Crippen molar-refractivity contribution in [2.45, 2.75) is 19.4 Å². The minimum Gasteiger partial charge on any atom is -0.478 e. The molecule has 5 nitrogen and oxygen atoms in total. The molecule has 0 radical (unpaired) electrons. The first-order chi connectivity index (χ1) is 11.4. The number of benzene rings is 2. The highest BCUT2D eigenvalue weighted by Gasteiger charge is 2.29. The molecule has 0 unspecified atom stereocenters. The van der Waals surface area contributed by atoms with Crippen molar-refractivity contribution in [3.05, 3.63) is 65.0 Å². The van der Waals surface area contributed by atoms with E-state index in [1.807, 2.05) is 30.3 Å². The standard InChI is InChI=1S/C19H16O5/c1-19(2,18(21)22)24-13-8-9-14-15(12-6-4-3-5-7-12)11-17(20)23-16(14)10-13/h3-11H,1-2H3,(H,21,22). The van der Waals surface area contributed by atoms with Crippen LogP contribution >= 0.6 is 0 Å². The molecule has 0 amide bonds.